The van der Waals surface area contributed by atoms with E-state index in [1.165, 1.54) is 17.7 Å². The molecule has 1 aliphatic carbocycles. The fourth-order valence-electron chi connectivity index (χ4n) is 3.88. The van der Waals surface area contributed by atoms with E-state index in [2.05, 4.69) is 28.0 Å². The first-order valence-electron chi connectivity index (χ1n) is 10.9. The van der Waals surface area contributed by atoms with Crippen LogP contribution in [0.4, 0.5) is 4.39 Å². The van der Waals surface area contributed by atoms with Gasteiger partial charge in [0.05, 0.1) is 16.7 Å². The molecule has 32 heavy (non-hydrogen) atoms. The van der Waals surface area contributed by atoms with Gasteiger partial charge in [-0.25, -0.2) is 4.39 Å². The summed E-state index contributed by atoms with van der Waals surface area (Å²) in [5, 5.41) is 0.382. The summed E-state index contributed by atoms with van der Waals surface area (Å²) in [5.41, 5.74) is 1.36. The van der Waals surface area contributed by atoms with Crippen molar-refractivity contribution in [1.82, 2.24) is 9.80 Å². The minimum atomic E-state index is -0.474. The summed E-state index contributed by atoms with van der Waals surface area (Å²) >= 11 is 12.0. The van der Waals surface area contributed by atoms with E-state index in [0.717, 1.165) is 70.0 Å². The van der Waals surface area contributed by atoms with Gasteiger partial charge in [0.1, 0.15) is 17.8 Å². The van der Waals surface area contributed by atoms with Crippen LogP contribution < -0.4 is 4.74 Å². The molecule has 0 atom stereocenters. The maximum Gasteiger partial charge on any atom is 0.231 e. The second-order valence-corrected chi connectivity index (χ2v) is 8.79. The van der Waals surface area contributed by atoms with Gasteiger partial charge in [0.15, 0.2) is 12.0 Å². The highest BCUT2D eigenvalue weighted by atomic mass is 35.5. The highest BCUT2D eigenvalue weighted by Gasteiger charge is 2.22. The van der Waals surface area contributed by atoms with Crippen LogP contribution in [-0.2, 0) is 9.47 Å². The third-order valence-electron chi connectivity index (χ3n) is 5.64. The molecule has 3 aliphatic rings. The van der Waals surface area contributed by atoms with Crippen LogP contribution in [0.25, 0.3) is 0 Å². The molecule has 8 heteroatoms. The lowest BCUT2D eigenvalue weighted by atomic mass is 10.0. The van der Waals surface area contributed by atoms with Crippen LogP contribution in [0.2, 0.25) is 10.0 Å². The number of benzene rings is 1. The summed E-state index contributed by atoms with van der Waals surface area (Å²) in [7, 11) is 0. The van der Waals surface area contributed by atoms with Gasteiger partial charge in [-0.15, -0.1) is 0 Å². The summed E-state index contributed by atoms with van der Waals surface area (Å²) in [6.45, 7) is 4.94. The summed E-state index contributed by atoms with van der Waals surface area (Å²) in [6.07, 6.45) is 13.6. The van der Waals surface area contributed by atoms with Crippen LogP contribution in [0, 0.1) is 5.82 Å². The molecule has 0 spiro atoms. The topological polar surface area (TPSA) is 34.2 Å². The second kappa shape index (κ2) is 11.1. The van der Waals surface area contributed by atoms with Gasteiger partial charge >= 0.3 is 0 Å². The Bertz CT molecular complexity index is 914. The van der Waals surface area contributed by atoms with E-state index in [9.17, 15) is 4.39 Å². The van der Waals surface area contributed by atoms with Crippen molar-refractivity contribution in [2.45, 2.75) is 25.7 Å². The van der Waals surface area contributed by atoms with Crippen LogP contribution in [0.1, 0.15) is 25.7 Å². The molecule has 1 fully saturated rings. The molecule has 4 rings (SSSR count). The van der Waals surface area contributed by atoms with E-state index in [1.807, 2.05) is 0 Å². The third-order valence-corrected chi connectivity index (χ3v) is 6.20. The molecular weight excluding hydrogens is 454 g/mol. The summed E-state index contributed by atoms with van der Waals surface area (Å²) < 4.78 is 30.6. The summed E-state index contributed by atoms with van der Waals surface area (Å²) in [6, 6.07) is 2.41. The number of piperazine rings is 1. The van der Waals surface area contributed by atoms with E-state index < -0.39 is 5.82 Å². The maximum atomic E-state index is 13.3. The molecule has 0 unspecified atom stereocenters. The largest absolute Gasteiger partial charge is 0.490 e. The summed E-state index contributed by atoms with van der Waals surface area (Å²) in [4.78, 5) is 4.57. The Balaban J connectivity index is 1.14. The average Bonchev–Trinajstić information content (AvgIpc) is 2.80. The smallest absolute Gasteiger partial charge is 0.231 e. The summed E-state index contributed by atoms with van der Waals surface area (Å²) in [5.74, 6) is 1.47. The van der Waals surface area contributed by atoms with E-state index in [0.29, 0.717) is 12.4 Å². The van der Waals surface area contributed by atoms with E-state index in [4.69, 9.17) is 37.4 Å². The Morgan fingerprint density at radius 1 is 1.03 bits per heavy atom. The Morgan fingerprint density at radius 2 is 1.81 bits per heavy atom. The number of halogens is 3. The van der Waals surface area contributed by atoms with Crippen molar-refractivity contribution in [2.75, 3.05) is 39.3 Å². The maximum absolute atomic E-state index is 13.3. The van der Waals surface area contributed by atoms with Crippen LogP contribution >= 0.6 is 23.2 Å². The zero-order chi connectivity index (χ0) is 22.3. The van der Waals surface area contributed by atoms with Crippen molar-refractivity contribution in [2.24, 2.45) is 0 Å². The van der Waals surface area contributed by atoms with Crippen molar-refractivity contribution < 1.29 is 18.6 Å². The number of rotatable bonds is 8. The molecule has 0 radical (unpaired) electrons. The minimum absolute atomic E-state index is 0.191. The average molecular weight is 481 g/mol. The number of hydrogen-bond donors (Lipinski definition) is 0. The molecule has 0 N–H and O–H groups in total. The number of nitrogens with zero attached hydrogens (tertiary/aromatic N) is 2. The molecule has 2 heterocycles. The lowest BCUT2D eigenvalue weighted by molar-refractivity contribution is 0.0806. The minimum Gasteiger partial charge on any atom is -0.490 e. The van der Waals surface area contributed by atoms with Crippen molar-refractivity contribution >= 4 is 23.2 Å². The first kappa shape index (κ1) is 23.0. The zero-order valence-electron chi connectivity index (χ0n) is 17.9. The normalized spacial score (nSPS) is 19.0. The van der Waals surface area contributed by atoms with Gasteiger partial charge in [-0.05, 0) is 31.4 Å². The molecule has 0 amide bonds. The predicted octanol–water partition coefficient (Wildman–Crippen LogP) is 5.87. The monoisotopic (exact) mass is 480 g/mol. The van der Waals surface area contributed by atoms with Gasteiger partial charge in [-0.3, -0.25) is 4.90 Å². The van der Waals surface area contributed by atoms with Gasteiger partial charge in [0.2, 0.25) is 5.88 Å². The van der Waals surface area contributed by atoms with Gasteiger partial charge < -0.3 is 19.1 Å². The van der Waals surface area contributed by atoms with Gasteiger partial charge in [-0.2, -0.15) is 0 Å². The highest BCUT2D eigenvalue weighted by molar-refractivity contribution is 6.37. The molecule has 0 bridgehead atoms. The third kappa shape index (κ3) is 6.21. The first-order valence-corrected chi connectivity index (χ1v) is 11.7. The standard InChI is InChI=1S/C24H27Cl2FN2O3/c25-21-14-19(27)15-22(26)24(21)30-12-4-7-28-8-10-29(11-9-28)23-17-31-20(16-32-23)13-18-5-2-1-3-6-18/h1-2,5,14-17H,3-4,6-13H2. The molecule has 172 valence electrons. The number of hydrogen-bond acceptors (Lipinski definition) is 5. The quantitative estimate of drug-likeness (QED) is 0.434. The predicted molar refractivity (Wildman–Crippen MR) is 124 cm³/mol. The zero-order valence-corrected chi connectivity index (χ0v) is 19.4. The van der Waals surface area contributed by atoms with E-state index >= 15 is 0 Å². The van der Waals surface area contributed by atoms with Gasteiger partial charge in [0.25, 0.3) is 0 Å². The molecular formula is C24H27Cl2FN2O3. The van der Waals surface area contributed by atoms with E-state index in [-0.39, 0.29) is 10.0 Å². The van der Waals surface area contributed by atoms with Crippen molar-refractivity contribution in [3.05, 3.63) is 76.0 Å². The van der Waals surface area contributed by atoms with Gasteiger partial charge in [0, 0.05) is 39.1 Å². The molecule has 1 saturated heterocycles. The Labute approximate surface area is 198 Å². The lowest BCUT2D eigenvalue weighted by Gasteiger charge is -2.36. The van der Waals surface area contributed by atoms with Crippen LogP contribution in [-0.4, -0.2) is 49.1 Å². The molecule has 0 saturated carbocycles. The number of allylic oxidation sites excluding steroid dienone is 4. The fraction of sp³-hybridized carbons (Fsp3) is 0.417. The Kier molecular flexibility index (Phi) is 8.00. The molecule has 2 aliphatic heterocycles. The second-order valence-electron chi connectivity index (χ2n) is 7.97. The van der Waals surface area contributed by atoms with Crippen LogP contribution in [0.15, 0.2) is 60.1 Å². The first-order chi connectivity index (χ1) is 15.6. The van der Waals surface area contributed by atoms with Crippen molar-refractivity contribution in [3.8, 4) is 5.75 Å². The fourth-order valence-corrected chi connectivity index (χ4v) is 4.45. The van der Waals surface area contributed by atoms with Crippen LogP contribution in [0.3, 0.4) is 0 Å². The van der Waals surface area contributed by atoms with Gasteiger partial charge in [-0.1, -0.05) is 47.0 Å². The molecule has 5 nitrogen and oxygen atoms in total. The van der Waals surface area contributed by atoms with E-state index in [1.54, 1.807) is 12.5 Å². The highest BCUT2D eigenvalue weighted by Crippen LogP contribution is 2.33. The van der Waals surface area contributed by atoms with Crippen molar-refractivity contribution in [3.63, 3.8) is 0 Å². The Morgan fingerprint density at radius 3 is 2.47 bits per heavy atom. The number of ether oxygens (including phenoxy) is 3. The molecule has 1 aromatic rings. The Hall–Kier alpha value is -2.15. The SMILES string of the molecule is Fc1cc(Cl)c(OCCCN2CCN(C3=COC(CC4=CC=CCC4)=CO3)CC2)c(Cl)c1. The van der Waals surface area contributed by atoms with Crippen molar-refractivity contribution in [1.29, 1.82) is 0 Å². The van der Waals surface area contributed by atoms with Crippen LogP contribution in [0.5, 0.6) is 5.75 Å². The molecule has 1 aromatic carbocycles. The lowest BCUT2D eigenvalue weighted by Crippen LogP contribution is -2.46. The molecule has 0 aromatic heterocycles.